The van der Waals surface area contributed by atoms with Crippen LogP contribution in [-0.2, 0) is 6.42 Å². The van der Waals surface area contributed by atoms with Crippen molar-refractivity contribution in [1.82, 2.24) is 25.2 Å². The number of hydrogen-bond acceptors (Lipinski definition) is 3. The van der Waals surface area contributed by atoms with E-state index in [-0.39, 0.29) is 24.0 Å². The molecule has 25 heavy (non-hydrogen) atoms. The molecule has 6 nitrogen and oxygen atoms in total. The van der Waals surface area contributed by atoms with Gasteiger partial charge in [0.2, 0.25) is 0 Å². The SMILES string of the molecule is CCNC(=NCCc1nnc2ccccn12)NC1CCCC(C)C1.I. The van der Waals surface area contributed by atoms with Gasteiger partial charge in [0.1, 0.15) is 5.82 Å². The third kappa shape index (κ3) is 5.55. The first-order valence-electron chi connectivity index (χ1n) is 9.09. The Morgan fingerprint density at radius 1 is 1.32 bits per heavy atom. The molecule has 0 bridgehead atoms. The number of aromatic nitrogens is 3. The van der Waals surface area contributed by atoms with Crippen molar-refractivity contribution in [3.63, 3.8) is 0 Å². The fourth-order valence-corrected chi connectivity index (χ4v) is 3.41. The number of nitrogens with zero attached hydrogens (tertiary/aromatic N) is 4. The van der Waals surface area contributed by atoms with Crippen molar-refractivity contribution in [2.24, 2.45) is 10.9 Å². The highest BCUT2D eigenvalue weighted by atomic mass is 127. The summed E-state index contributed by atoms with van der Waals surface area (Å²) < 4.78 is 2.03. The Kier molecular flexibility index (Phi) is 7.92. The van der Waals surface area contributed by atoms with Gasteiger partial charge < -0.3 is 10.6 Å². The van der Waals surface area contributed by atoms with E-state index >= 15 is 0 Å². The molecule has 1 fully saturated rings. The monoisotopic (exact) mass is 456 g/mol. The number of hydrogen-bond donors (Lipinski definition) is 2. The van der Waals surface area contributed by atoms with Crippen molar-refractivity contribution in [3.05, 3.63) is 30.2 Å². The zero-order chi connectivity index (χ0) is 16.8. The van der Waals surface area contributed by atoms with Crippen LogP contribution in [0.4, 0.5) is 0 Å². The number of halogens is 1. The molecule has 0 spiro atoms. The third-order valence-corrected chi connectivity index (χ3v) is 4.61. The van der Waals surface area contributed by atoms with Crippen LogP contribution in [0, 0.1) is 5.92 Å². The van der Waals surface area contributed by atoms with E-state index in [2.05, 4.69) is 34.7 Å². The van der Waals surface area contributed by atoms with E-state index in [0.29, 0.717) is 12.6 Å². The van der Waals surface area contributed by atoms with Crippen molar-refractivity contribution < 1.29 is 0 Å². The molecule has 1 saturated carbocycles. The summed E-state index contributed by atoms with van der Waals surface area (Å²) in [4.78, 5) is 4.73. The lowest BCUT2D eigenvalue weighted by atomic mass is 9.87. The van der Waals surface area contributed by atoms with Crippen molar-refractivity contribution in [3.8, 4) is 0 Å². The second-order valence-corrected chi connectivity index (χ2v) is 6.67. The quantitative estimate of drug-likeness (QED) is 0.413. The van der Waals surface area contributed by atoms with Gasteiger partial charge >= 0.3 is 0 Å². The largest absolute Gasteiger partial charge is 0.357 e. The molecule has 1 aliphatic rings. The van der Waals surface area contributed by atoms with Crippen LogP contribution in [0.25, 0.3) is 5.65 Å². The predicted molar refractivity (Wildman–Crippen MR) is 113 cm³/mol. The molecular weight excluding hydrogens is 427 g/mol. The van der Waals surface area contributed by atoms with Gasteiger partial charge in [0, 0.05) is 31.7 Å². The van der Waals surface area contributed by atoms with Crippen molar-refractivity contribution in [1.29, 1.82) is 0 Å². The third-order valence-electron chi connectivity index (χ3n) is 4.61. The number of rotatable bonds is 5. The van der Waals surface area contributed by atoms with Crippen molar-refractivity contribution in [2.75, 3.05) is 13.1 Å². The first-order valence-corrected chi connectivity index (χ1v) is 9.09. The van der Waals surface area contributed by atoms with E-state index in [0.717, 1.165) is 36.3 Å². The molecule has 7 heteroatoms. The molecule has 2 atom stereocenters. The molecule has 2 unspecified atom stereocenters. The van der Waals surface area contributed by atoms with Crippen LogP contribution in [-0.4, -0.2) is 39.7 Å². The van der Waals surface area contributed by atoms with Crippen LogP contribution in [0.3, 0.4) is 0 Å². The average Bonchev–Trinajstić information content (AvgIpc) is 2.98. The summed E-state index contributed by atoms with van der Waals surface area (Å²) in [6.45, 7) is 6.02. The lowest BCUT2D eigenvalue weighted by Crippen LogP contribution is -2.45. The van der Waals surface area contributed by atoms with Gasteiger partial charge in [-0.1, -0.05) is 25.8 Å². The molecular formula is C18H29IN6. The normalized spacial score (nSPS) is 21.0. The number of aliphatic imine (C=N–C) groups is 1. The molecule has 0 radical (unpaired) electrons. The second-order valence-electron chi connectivity index (χ2n) is 6.67. The van der Waals surface area contributed by atoms with E-state index in [1.807, 2.05) is 28.8 Å². The molecule has 1 aliphatic carbocycles. The number of pyridine rings is 1. The van der Waals surface area contributed by atoms with Crippen LogP contribution >= 0.6 is 24.0 Å². The highest BCUT2D eigenvalue weighted by Gasteiger charge is 2.19. The van der Waals surface area contributed by atoms with Crippen LogP contribution in [0.2, 0.25) is 0 Å². The van der Waals surface area contributed by atoms with Crippen LogP contribution < -0.4 is 10.6 Å². The molecule has 0 amide bonds. The summed E-state index contributed by atoms with van der Waals surface area (Å²) in [6.07, 6.45) is 7.92. The Morgan fingerprint density at radius 2 is 2.20 bits per heavy atom. The molecule has 2 heterocycles. The number of fused-ring (bicyclic) bond motifs is 1. The molecule has 2 aromatic rings. The fourth-order valence-electron chi connectivity index (χ4n) is 3.41. The van der Waals surface area contributed by atoms with Gasteiger partial charge in [0.15, 0.2) is 11.6 Å². The first kappa shape index (κ1) is 19.9. The summed E-state index contributed by atoms with van der Waals surface area (Å²) in [6, 6.07) is 6.49. The molecule has 0 aliphatic heterocycles. The maximum atomic E-state index is 4.73. The van der Waals surface area contributed by atoms with Gasteiger partial charge in [-0.05, 0) is 37.8 Å². The topological polar surface area (TPSA) is 66.6 Å². The zero-order valence-electron chi connectivity index (χ0n) is 15.1. The van der Waals surface area contributed by atoms with Gasteiger partial charge in [-0.25, -0.2) is 0 Å². The standard InChI is InChI=1S/C18H28N6.HI/c1-3-19-18(21-15-8-6-7-14(2)13-15)20-11-10-17-23-22-16-9-4-5-12-24(16)17;/h4-5,9,12,14-15H,3,6-8,10-11,13H2,1-2H3,(H2,19,20,21);1H. The summed E-state index contributed by atoms with van der Waals surface area (Å²) in [5.41, 5.74) is 0.887. The van der Waals surface area contributed by atoms with Crippen LogP contribution in [0.5, 0.6) is 0 Å². The lowest BCUT2D eigenvalue weighted by molar-refractivity contribution is 0.324. The van der Waals surface area contributed by atoms with Gasteiger partial charge in [-0.15, -0.1) is 34.2 Å². The minimum Gasteiger partial charge on any atom is -0.357 e. The Labute approximate surface area is 166 Å². The summed E-state index contributed by atoms with van der Waals surface area (Å²) in [5, 5.41) is 15.4. The van der Waals surface area contributed by atoms with Gasteiger partial charge in [-0.3, -0.25) is 9.39 Å². The Hall–Kier alpha value is -1.38. The number of guanidine groups is 1. The molecule has 0 aromatic carbocycles. The van der Waals surface area contributed by atoms with Crippen LogP contribution in [0.15, 0.2) is 29.4 Å². The predicted octanol–water partition coefficient (Wildman–Crippen LogP) is 3.02. The smallest absolute Gasteiger partial charge is 0.191 e. The Morgan fingerprint density at radius 3 is 3.00 bits per heavy atom. The maximum absolute atomic E-state index is 4.73. The summed E-state index contributed by atoms with van der Waals surface area (Å²) >= 11 is 0. The van der Waals surface area contributed by atoms with E-state index in [1.165, 1.54) is 25.7 Å². The Bertz CT molecular complexity index is 683. The van der Waals surface area contributed by atoms with E-state index in [4.69, 9.17) is 4.99 Å². The zero-order valence-corrected chi connectivity index (χ0v) is 17.4. The Balaban J connectivity index is 0.00000225. The molecule has 3 rings (SSSR count). The molecule has 138 valence electrons. The first-order chi connectivity index (χ1) is 11.8. The minimum atomic E-state index is 0. The van der Waals surface area contributed by atoms with E-state index in [1.54, 1.807) is 0 Å². The van der Waals surface area contributed by atoms with Gasteiger partial charge in [0.05, 0.1) is 0 Å². The van der Waals surface area contributed by atoms with Crippen molar-refractivity contribution >= 4 is 35.6 Å². The van der Waals surface area contributed by atoms with E-state index < -0.39 is 0 Å². The highest BCUT2D eigenvalue weighted by Crippen LogP contribution is 2.23. The van der Waals surface area contributed by atoms with Crippen LogP contribution in [0.1, 0.15) is 45.4 Å². The molecule has 0 saturated heterocycles. The van der Waals surface area contributed by atoms with Crippen molar-refractivity contribution in [2.45, 2.75) is 52.0 Å². The summed E-state index contributed by atoms with van der Waals surface area (Å²) in [5.74, 6) is 2.68. The molecule has 2 N–H and O–H groups in total. The van der Waals surface area contributed by atoms with Gasteiger partial charge in [0.25, 0.3) is 0 Å². The average molecular weight is 456 g/mol. The second kappa shape index (κ2) is 9.94. The maximum Gasteiger partial charge on any atom is 0.191 e. The van der Waals surface area contributed by atoms with E-state index in [9.17, 15) is 0 Å². The van der Waals surface area contributed by atoms with Gasteiger partial charge in [-0.2, -0.15) is 0 Å². The number of nitrogens with one attached hydrogen (secondary N) is 2. The lowest BCUT2D eigenvalue weighted by Gasteiger charge is -2.28. The molecule has 2 aromatic heterocycles. The summed E-state index contributed by atoms with van der Waals surface area (Å²) in [7, 11) is 0. The minimum absolute atomic E-state index is 0. The highest BCUT2D eigenvalue weighted by molar-refractivity contribution is 14.0. The fraction of sp³-hybridized carbons (Fsp3) is 0.611.